The monoisotopic (exact) mass is 380 g/mol. The Morgan fingerprint density at radius 1 is 0.893 bits per heavy atom. The molecule has 0 aromatic heterocycles. The van der Waals surface area contributed by atoms with Gasteiger partial charge in [-0.2, -0.15) is 0 Å². The number of para-hydroxylation sites is 1. The maximum atomic E-state index is 12.6. The van der Waals surface area contributed by atoms with E-state index in [0.29, 0.717) is 25.1 Å². The van der Waals surface area contributed by atoms with Crippen molar-refractivity contribution in [2.75, 3.05) is 19.7 Å². The van der Waals surface area contributed by atoms with Crippen molar-refractivity contribution in [1.29, 1.82) is 0 Å². The zero-order valence-corrected chi connectivity index (χ0v) is 16.2. The van der Waals surface area contributed by atoms with E-state index in [-0.39, 0.29) is 11.8 Å². The van der Waals surface area contributed by atoms with E-state index in [1.54, 1.807) is 0 Å². The van der Waals surface area contributed by atoms with E-state index in [1.165, 1.54) is 12.8 Å². The smallest absolute Gasteiger partial charge is 0.253 e. The minimum absolute atomic E-state index is 0.0550. The molecule has 1 aliphatic rings. The van der Waals surface area contributed by atoms with Gasteiger partial charge in [-0.3, -0.25) is 9.59 Å². The minimum Gasteiger partial charge on any atom is -0.493 e. The molecule has 0 saturated carbocycles. The van der Waals surface area contributed by atoms with Gasteiger partial charge in [-0.05, 0) is 42.7 Å². The highest BCUT2D eigenvalue weighted by Gasteiger charge is 2.17. The Bertz CT molecular complexity index is 751. The lowest BCUT2D eigenvalue weighted by molar-refractivity contribution is -0.121. The number of carbonyl (C=O) groups excluding carboxylic acids is 2. The van der Waals surface area contributed by atoms with Crippen LogP contribution < -0.4 is 10.1 Å². The molecule has 1 saturated heterocycles. The lowest BCUT2D eigenvalue weighted by atomic mass is 10.1. The second-order valence-corrected chi connectivity index (χ2v) is 7.09. The summed E-state index contributed by atoms with van der Waals surface area (Å²) in [5, 5.41) is 2.89. The summed E-state index contributed by atoms with van der Waals surface area (Å²) in [7, 11) is 0. The Kier molecular flexibility index (Phi) is 7.47. The largest absolute Gasteiger partial charge is 0.493 e. The predicted molar refractivity (Wildman–Crippen MR) is 109 cm³/mol. The number of likely N-dealkylation sites (tertiary alicyclic amines) is 1. The number of nitrogens with one attached hydrogen (secondary N) is 1. The van der Waals surface area contributed by atoms with Crippen LogP contribution in [-0.4, -0.2) is 36.4 Å². The molecule has 3 rings (SSSR count). The number of benzene rings is 2. The highest BCUT2D eigenvalue weighted by Crippen LogP contribution is 2.14. The average Bonchev–Trinajstić information content (AvgIpc) is 3.02. The van der Waals surface area contributed by atoms with Crippen molar-refractivity contribution < 1.29 is 14.3 Å². The Morgan fingerprint density at radius 3 is 2.25 bits per heavy atom. The van der Waals surface area contributed by atoms with Crippen LogP contribution in [0.5, 0.6) is 5.75 Å². The first-order chi connectivity index (χ1) is 13.7. The van der Waals surface area contributed by atoms with Crippen molar-refractivity contribution >= 4 is 11.8 Å². The van der Waals surface area contributed by atoms with E-state index in [9.17, 15) is 9.59 Å². The molecule has 1 N–H and O–H groups in total. The fourth-order valence-corrected chi connectivity index (χ4v) is 3.29. The molecule has 0 spiro atoms. The zero-order valence-electron chi connectivity index (χ0n) is 16.2. The molecule has 2 amide bonds. The molecule has 2 aromatic rings. The Morgan fingerprint density at radius 2 is 1.57 bits per heavy atom. The van der Waals surface area contributed by atoms with Gasteiger partial charge in [-0.25, -0.2) is 0 Å². The van der Waals surface area contributed by atoms with Gasteiger partial charge in [-0.15, -0.1) is 0 Å². The molecule has 0 bridgehead atoms. The summed E-state index contributed by atoms with van der Waals surface area (Å²) in [4.78, 5) is 26.5. The summed E-state index contributed by atoms with van der Waals surface area (Å²) in [5.74, 6) is 0.816. The molecule has 1 aliphatic heterocycles. The number of hydrogen-bond acceptors (Lipinski definition) is 3. The van der Waals surface area contributed by atoms with E-state index in [4.69, 9.17) is 4.74 Å². The van der Waals surface area contributed by atoms with Crippen molar-refractivity contribution in [2.45, 2.75) is 38.6 Å². The van der Waals surface area contributed by atoms with Crippen molar-refractivity contribution in [1.82, 2.24) is 10.2 Å². The number of rotatable bonds is 7. The Hall–Kier alpha value is -2.82. The van der Waals surface area contributed by atoms with Crippen LogP contribution in [0.3, 0.4) is 0 Å². The van der Waals surface area contributed by atoms with Crippen LogP contribution in [0.2, 0.25) is 0 Å². The topological polar surface area (TPSA) is 58.6 Å². The van der Waals surface area contributed by atoms with Crippen LogP contribution in [0.1, 0.15) is 48.0 Å². The van der Waals surface area contributed by atoms with Crippen LogP contribution in [0.15, 0.2) is 54.6 Å². The highest BCUT2D eigenvalue weighted by molar-refractivity contribution is 5.94. The van der Waals surface area contributed by atoms with Crippen LogP contribution in [-0.2, 0) is 11.3 Å². The van der Waals surface area contributed by atoms with Crippen LogP contribution >= 0.6 is 0 Å². The van der Waals surface area contributed by atoms with E-state index < -0.39 is 0 Å². The minimum atomic E-state index is -0.0550. The second kappa shape index (κ2) is 10.5. The summed E-state index contributed by atoms with van der Waals surface area (Å²) in [6.45, 7) is 2.49. The number of amides is 2. The number of ether oxygens (including phenoxy) is 1. The van der Waals surface area contributed by atoms with Crippen LogP contribution in [0, 0.1) is 0 Å². The molecule has 5 nitrogen and oxygen atoms in total. The molecule has 1 heterocycles. The lowest BCUT2D eigenvalue weighted by Gasteiger charge is -2.20. The van der Waals surface area contributed by atoms with Gasteiger partial charge in [0.05, 0.1) is 13.0 Å². The maximum absolute atomic E-state index is 12.6. The van der Waals surface area contributed by atoms with Gasteiger partial charge < -0.3 is 15.0 Å². The first-order valence-corrected chi connectivity index (χ1v) is 10.0. The summed E-state index contributed by atoms with van der Waals surface area (Å²) < 4.78 is 5.53. The van der Waals surface area contributed by atoms with Crippen LogP contribution in [0.25, 0.3) is 0 Å². The zero-order chi connectivity index (χ0) is 19.6. The fourth-order valence-electron chi connectivity index (χ4n) is 3.29. The Balaban J connectivity index is 1.41. The first-order valence-electron chi connectivity index (χ1n) is 10.0. The number of carbonyl (C=O) groups is 2. The molecular formula is C23H28N2O3. The SMILES string of the molecule is O=C(CCOc1ccccc1)NCc1ccc(C(=O)N2CCCCCC2)cc1. The van der Waals surface area contributed by atoms with Gasteiger partial charge in [0.15, 0.2) is 0 Å². The maximum Gasteiger partial charge on any atom is 0.253 e. The molecule has 0 radical (unpaired) electrons. The standard InChI is InChI=1S/C23H28N2O3/c26-22(14-17-28-21-8-4-3-5-9-21)24-18-19-10-12-20(13-11-19)23(27)25-15-6-1-2-7-16-25/h3-5,8-13H,1-2,6-7,14-18H2,(H,24,26). The molecule has 148 valence electrons. The first kappa shape index (κ1) is 19.9. The van der Waals surface area contributed by atoms with Crippen molar-refractivity contribution in [3.05, 3.63) is 65.7 Å². The molecular weight excluding hydrogens is 352 g/mol. The van der Waals surface area contributed by atoms with Crippen molar-refractivity contribution in [3.63, 3.8) is 0 Å². The molecule has 2 aromatic carbocycles. The molecule has 0 atom stereocenters. The summed E-state index contributed by atoms with van der Waals surface area (Å²) in [5.41, 5.74) is 1.69. The molecule has 5 heteroatoms. The van der Waals surface area contributed by atoms with Gasteiger partial charge in [0.25, 0.3) is 5.91 Å². The third-order valence-electron chi connectivity index (χ3n) is 4.92. The van der Waals surface area contributed by atoms with Gasteiger partial charge in [-0.1, -0.05) is 43.2 Å². The lowest BCUT2D eigenvalue weighted by Crippen LogP contribution is -2.31. The number of nitrogens with zero attached hydrogens (tertiary/aromatic N) is 1. The van der Waals surface area contributed by atoms with Gasteiger partial charge in [0.2, 0.25) is 5.91 Å². The molecule has 1 fully saturated rings. The van der Waals surface area contributed by atoms with Gasteiger partial charge in [0.1, 0.15) is 5.75 Å². The average molecular weight is 380 g/mol. The number of hydrogen-bond donors (Lipinski definition) is 1. The van der Waals surface area contributed by atoms with E-state index in [2.05, 4.69) is 5.32 Å². The van der Waals surface area contributed by atoms with E-state index >= 15 is 0 Å². The fraction of sp³-hybridized carbons (Fsp3) is 0.391. The highest BCUT2D eigenvalue weighted by atomic mass is 16.5. The van der Waals surface area contributed by atoms with Crippen molar-refractivity contribution in [2.24, 2.45) is 0 Å². The van der Waals surface area contributed by atoms with Gasteiger partial charge in [0, 0.05) is 25.2 Å². The summed E-state index contributed by atoms with van der Waals surface area (Å²) >= 11 is 0. The quantitative estimate of drug-likeness (QED) is 0.795. The van der Waals surface area contributed by atoms with E-state index in [1.807, 2.05) is 59.5 Å². The third kappa shape index (κ3) is 6.12. The predicted octanol–water partition coefficient (Wildman–Crippen LogP) is 3.79. The molecule has 0 unspecified atom stereocenters. The summed E-state index contributed by atoms with van der Waals surface area (Å²) in [6.07, 6.45) is 4.89. The molecule has 0 aliphatic carbocycles. The van der Waals surface area contributed by atoms with Gasteiger partial charge >= 0.3 is 0 Å². The third-order valence-corrected chi connectivity index (χ3v) is 4.92. The van der Waals surface area contributed by atoms with E-state index in [0.717, 1.165) is 37.2 Å². The second-order valence-electron chi connectivity index (χ2n) is 7.09. The van der Waals surface area contributed by atoms with Crippen LogP contribution in [0.4, 0.5) is 0 Å². The summed E-state index contributed by atoms with van der Waals surface area (Å²) in [6, 6.07) is 17.0. The molecule has 28 heavy (non-hydrogen) atoms. The Labute approximate surface area is 166 Å². The normalized spacial score (nSPS) is 14.2. The van der Waals surface area contributed by atoms with Crippen molar-refractivity contribution in [3.8, 4) is 5.75 Å².